The topological polar surface area (TPSA) is 169 Å². The number of phenolic OH excluding ortho intramolecular Hbond substituents is 1. The van der Waals surface area contributed by atoms with Gasteiger partial charge in [0.2, 0.25) is 17.7 Å². The number of rotatable bonds is 16. The van der Waals surface area contributed by atoms with Crippen LogP contribution in [0.4, 0.5) is 0 Å². The van der Waals surface area contributed by atoms with E-state index in [9.17, 15) is 29.1 Å². The van der Waals surface area contributed by atoms with Crippen molar-refractivity contribution in [3.05, 3.63) is 65.7 Å². The Balaban J connectivity index is 2.05. The Morgan fingerprint density at radius 2 is 1.77 bits per heavy atom. The lowest BCUT2D eigenvalue weighted by molar-refractivity contribution is -0.150. The van der Waals surface area contributed by atoms with Crippen LogP contribution in [0.2, 0.25) is 1.41 Å². The number of carbonyl (C=O) groups excluding carboxylic acids is 5. The maximum atomic E-state index is 13.3. The first kappa shape index (κ1) is 32.6. The Kier molecular flexibility index (Phi) is 13.5. The molecule has 0 aromatic heterocycles. The Bertz CT molecular complexity index is 1320. The second-order valence-electron chi connectivity index (χ2n) is 9.69. The molecule has 2 aromatic carbocycles. The molecule has 43 heavy (non-hydrogen) atoms. The molecule has 232 valence electrons. The number of hydrogen-bond acceptors (Lipinski definition) is 9. The number of aromatic hydroxyl groups is 1. The molecule has 0 aliphatic carbocycles. The van der Waals surface area contributed by atoms with E-state index in [-0.39, 0.29) is 37.6 Å². The van der Waals surface area contributed by atoms with E-state index in [1.807, 2.05) is 6.07 Å². The van der Waals surface area contributed by atoms with Crippen molar-refractivity contribution in [2.45, 2.75) is 52.3 Å². The fraction of sp³-hybridized carbons (Fsp3) is 0.387. The highest BCUT2D eigenvalue weighted by Crippen LogP contribution is 2.26. The zero-order valence-electron chi connectivity index (χ0n) is 25.7. The zero-order valence-corrected chi connectivity index (χ0v) is 24.7. The molecule has 2 atom stereocenters. The van der Waals surface area contributed by atoms with Gasteiger partial charge in [0.05, 0.1) is 20.3 Å². The normalized spacial score (nSPS) is 12.5. The molecule has 0 spiro atoms. The smallest absolute Gasteiger partial charge is 0.328 e. The van der Waals surface area contributed by atoms with Crippen molar-refractivity contribution >= 4 is 35.7 Å². The van der Waals surface area contributed by atoms with Crippen LogP contribution in [0.15, 0.2) is 54.6 Å². The molecule has 0 aliphatic rings. The van der Waals surface area contributed by atoms with Gasteiger partial charge >= 0.3 is 11.9 Å². The Hall–Kier alpha value is -4.87. The minimum absolute atomic E-state index is 0.0590. The zero-order chi connectivity index (χ0) is 32.6. The van der Waals surface area contributed by atoms with Gasteiger partial charge in [-0.2, -0.15) is 0 Å². The summed E-state index contributed by atoms with van der Waals surface area (Å²) >= 11 is 0. The van der Waals surface area contributed by atoms with Crippen LogP contribution in [0.1, 0.15) is 44.7 Å². The molecule has 0 bridgehead atoms. The average Bonchev–Trinajstić information content (AvgIpc) is 3.00. The van der Waals surface area contributed by atoms with Gasteiger partial charge in [0.15, 0.2) is 12.9 Å². The first-order chi connectivity index (χ1) is 21.0. The minimum Gasteiger partial charge on any atom is -0.504 e. The molecule has 2 aromatic rings. The molecule has 3 amide bonds. The summed E-state index contributed by atoms with van der Waals surface area (Å²) in [5.41, 5.74) is 1.28. The van der Waals surface area contributed by atoms with Gasteiger partial charge in [-0.15, -0.1) is 0 Å². The second-order valence-corrected chi connectivity index (χ2v) is 9.69. The molecule has 0 saturated heterocycles. The molecule has 0 saturated carbocycles. The molecule has 0 aliphatic heterocycles. The molecule has 12 nitrogen and oxygen atoms in total. The lowest BCUT2D eigenvalue weighted by atomic mass is 10.0. The molecular weight excluding hydrogens is 558 g/mol. The molecule has 0 unspecified atom stereocenters. The number of ether oxygens (including phenoxy) is 3. The van der Waals surface area contributed by atoms with Gasteiger partial charge in [-0.25, -0.2) is 4.79 Å². The van der Waals surface area contributed by atoms with Gasteiger partial charge in [0, 0.05) is 12.5 Å². The van der Waals surface area contributed by atoms with E-state index in [0.717, 1.165) is 11.6 Å². The number of esters is 2. The number of methoxy groups -OCH3 is 1. The van der Waals surface area contributed by atoms with Crippen molar-refractivity contribution in [3.63, 3.8) is 0 Å². The summed E-state index contributed by atoms with van der Waals surface area (Å²) in [7, 11) is 1.39. The number of phenols is 1. The third kappa shape index (κ3) is 12.3. The molecule has 2 rings (SSSR count). The first-order valence-electron chi connectivity index (χ1n) is 14.2. The first-order valence-corrected chi connectivity index (χ1v) is 13.8. The van der Waals surface area contributed by atoms with E-state index < -0.39 is 54.2 Å². The third-order valence-electron chi connectivity index (χ3n) is 6.00. The SMILES string of the molecule is [2H]N(C(=O)CNC(=O)/C=C/c1ccc(O)c(OC)c1)[C@H](C(=O)N[C@@H](CCC(=O)OCC)C(=O)OCc1ccccc1)C(C)C. The highest BCUT2D eigenvalue weighted by atomic mass is 16.5. The van der Waals surface area contributed by atoms with Gasteiger partial charge in [-0.3, -0.25) is 19.2 Å². The van der Waals surface area contributed by atoms with Crippen LogP contribution in [-0.2, 0) is 40.1 Å². The van der Waals surface area contributed by atoms with Crippen LogP contribution >= 0.6 is 0 Å². The fourth-order valence-electron chi connectivity index (χ4n) is 3.73. The summed E-state index contributed by atoms with van der Waals surface area (Å²) < 4.78 is 23.7. The number of carbonyl (C=O) groups is 5. The third-order valence-corrected chi connectivity index (χ3v) is 6.00. The predicted octanol–water partition coefficient (Wildman–Crippen LogP) is 2.24. The minimum atomic E-state index is -1.33. The van der Waals surface area contributed by atoms with Crippen LogP contribution in [0.25, 0.3) is 6.08 Å². The van der Waals surface area contributed by atoms with Crippen molar-refractivity contribution in [3.8, 4) is 11.5 Å². The average molecular weight is 599 g/mol. The standard InChI is InChI=1S/C31H39N3O9/c1-5-42-28(38)16-13-23(31(40)43-19-22-9-7-6-8-10-22)33-30(39)29(20(2)3)34-27(37)18-32-26(36)15-12-21-11-14-24(35)25(17-21)41-4/h6-12,14-15,17,20,23,29,35H,5,13,16,18-19H2,1-4H3,(H,32,36)(H,33,39)(H,34,37)/b15-12+/t23-,29-/m0/s1/i/hD. The Labute approximate surface area is 252 Å². The number of amides is 3. The highest BCUT2D eigenvalue weighted by molar-refractivity contribution is 5.96. The van der Waals surface area contributed by atoms with Crippen LogP contribution in [-0.4, -0.2) is 67.1 Å². The molecule has 0 fully saturated rings. The number of hydrogen-bond donors (Lipinski definition) is 4. The summed E-state index contributed by atoms with van der Waals surface area (Å²) in [6, 6.07) is 10.8. The summed E-state index contributed by atoms with van der Waals surface area (Å²) in [6.07, 6.45) is 2.31. The molecule has 0 radical (unpaired) electrons. The summed E-state index contributed by atoms with van der Waals surface area (Å²) in [6.45, 7) is 4.40. The number of nitrogens with one attached hydrogen (secondary N) is 3. The van der Waals surface area contributed by atoms with Crippen molar-refractivity contribution in [1.29, 1.82) is 0 Å². The maximum Gasteiger partial charge on any atom is 0.328 e. The summed E-state index contributed by atoms with van der Waals surface area (Å²) in [5, 5.41) is 15.0. The van der Waals surface area contributed by atoms with E-state index in [0.29, 0.717) is 10.9 Å². The predicted molar refractivity (Wildman–Crippen MR) is 158 cm³/mol. The highest BCUT2D eigenvalue weighted by Gasteiger charge is 2.30. The van der Waals surface area contributed by atoms with E-state index in [4.69, 9.17) is 15.6 Å². The lowest BCUT2D eigenvalue weighted by Gasteiger charge is -2.25. The number of benzene rings is 2. The molecule has 12 heteroatoms. The van der Waals surface area contributed by atoms with E-state index in [1.165, 1.54) is 25.3 Å². The van der Waals surface area contributed by atoms with Crippen molar-refractivity contribution in [2.24, 2.45) is 5.92 Å². The van der Waals surface area contributed by atoms with Crippen molar-refractivity contribution in [1.82, 2.24) is 15.9 Å². The van der Waals surface area contributed by atoms with E-state index in [1.54, 1.807) is 51.1 Å². The van der Waals surface area contributed by atoms with E-state index >= 15 is 0 Å². The van der Waals surface area contributed by atoms with Crippen molar-refractivity contribution in [2.75, 3.05) is 20.3 Å². The summed E-state index contributed by atoms with van der Waals surface area (Å²) in [4.78, 5) is 63.2. The van der Waals surface area contributed by atoms with Crippen LogP contribution in [0.3, 0.4) is 0 Å². The van der Waals surface area contributed by atoms with Gasteiger partial charge in [-0.1, -0.05) is 50.2 Å². The Morgan fingerprint density at radius 1 is 1.05 bits per heavy atom. The quantitative estimate of drug-likeness (QED) is 0.167. The fourth-order valence-corrected chi connectivity index (χ4v) is 3.73. The Morgan fingerprint density at radius 3 is 2.42 bits per heavy atom. The summed E-state index contributed by atoms with van der Waals surface area (Å²) in [5.74, 6) is -4.06. The van der Waals surface area contributed by atoms with E-state index in [2.05, 4.69) is 10.6 Å². The molecule has 0 heterocycles. The van der Waals surface area contributed by atoms with Gasteiger partial charge in [-0.05, 0) is 48.6 Å². The van der Waals surface area contributed by atoms with Gasteiger partial charge in [0.25, 0.3) is 0 Å². The van der Waals surface area contributed by atoms with Gasteiger partial charge < -0.3 is 35.3 Å². The molecule has 4 N–H and O–H groups in total. The van der Waals surface area contributed by atoms with Crippen LogP contribution < -0.4 is 20.7 Å². The second kappa shape index (κ2) is 17.8. The van der Waals surface area contributed by atoms with Crippen LogP contribution in [0, 0.1) is 5.92 Å². The maximum absolute atomic E-state index is 13.3. The van der Waals surface area contributed by atoms with Crippen molar-refractivity contribution < 1.29 is 44.7 Å². The van der Waals surface area contributed by atoms with Gasteiger partial charge in [0.1, 0.15) is 18.7 Å². The van der Waals surface area contributed by atoms with Crippen LogP contribution in [0.5, 0.6) is 11.5 Å². The molecular formula is C31H39N3O9. The monoisotopic (exact) mass is 598 g/mol. The largest absolute Gasteiger partial charge is 0.504 e. The lowest BCUT2D eigenvalue weighted by Crippen LogP contribution is -2.55.